The van der Waals surface area contributed by atoms with Crippen molar-refractivity contribution in [2.24, 2.45) is 5.92 Å². The Kier molecular flexibility index (Phi) is 4.41. The topological polar surface area (TPSA) is 61.3 Å². The third-order valence-corrected chi connectivity index (χ3v) is 6.71. The van der Waals surface area contributed by atoms with Gasteiger partial charge in [-0.05, 0) is 85.6 Å². The van der Waals surface area contributed by atoms with Crippen molar-refractivity contribution in [2.75, 3.05) is 0 Å². The fraction of sp³-hybridized carbons (Fsp3) is 0.417. The number of aromatic nitrogens is 2. The molecule has 2 heterocycles. The molecule has 4 nitrogen and oxygen atoms in total. The van der Waals surface area contributed by atoms with Crippen molar-refractivity contribution in [3.05, 3.63) is 71.3 Å². The Morgan fingerprint density at radius 1 is 1.00 bits per heavy atom. The van der Waals surface area contributed by atoms with Crippen LogP contribution in [0.15, 0.2) is 49.1 Å². The molecule has 0 spiro atoms. The molecular formula is C24H25N3O. The van der Waals surface area contributed by atoms with Crippen molar-refractivity contribution in [2.45, 2.75) is 56.5 Å². The van der Waals surface area contributed by atoms with Crippen LogP contribution < -0.4 is 0 Å². The molecule has 2 fully saturated rings. The summed E-state index contributed by atoms with van der Waals surface area (Å²) < 4.78 is 2.03. The van der Waals surface area contributed by atoms with Crippen LogP contribution in [0.3, 0.4) is 0 Å². The summed E-state index contributed by atoms with van der Waals surface area (Å²) in [4.78, 5) is 4.31. The van der Waals surface area contributed by atoms with Gasteiger partial charge in [-0.2, -0.15) is 5.26 Å². The second-order valence-corrected chi connectivity index (χ2v) is 8.44. The molecule has 28 heavy (non-hydrogen) atoms. The SMILES string of the molecule is N#Cc1ccc(C2CCC([C@@H](O)c3c(C4CC4)ccn4cncc34)CC2)cc1. The van der Waals surface area contributed by atoms with E-state index < -0.39 is 6.10 Å². The maximum Gasteiger partial charge on any atom is 0.0992 e. The highest BCUT2D eigenvalue weighted by Crippen LogP contribution is 2.47. The molecule has 2 aliphatic rings. The van der Waals surface area contributed by atoms with Crippen LogP contribution >= 0.6 is 0 Å². The molecule has 0 unspecified atom stereocenters. The van der Waals surface area contributed by atoms with Crippen LogP contribution in [-0.2, 0) is 0 Å². The van der Waals surface area contributed by atoms with E-state index in [2.05, 4.69) is 35.4 Å². The maximum absolute atomic E-state index is 11.4. The van der Waals surface area contributed by atoms with Gasteiger partial charge in [0.05, 0.1) is 35.8 Å². The van der Waals surface area contributed by atoms with Crippen molar-refractivity contribution in [1.29, 1.82) is 5.26 Å². The minimum Gasteiger partial charge on any atom is -0.388 e. The lowest BCUT2D eigenvalue weighted by atomic mass is 9.75. The molecule has 1 atom stereocenters. The molecule has 0 radical (unpaired) electrons. The summed E-state index contributed by atoms with van der Waals surface area (Å²) in [5.74, 6) is 1.44. The molecule has 1 aromatic carbocycles. The molecule has 0 saturated heterocycles. The highest BCUT2D eigenvalue weighted by atomic mass is 16.3. The van der Waals surface area contributed by atoms with Gasteiger partial charge < -0.3 is 9.51 Å². The lowest BCUT2D eigenvalue weighted by Gasteiger charge is -2.33. The highest BCUT2D eigenvalue weighted by Gasteiger charge is 2.34. The van der Waals surface area contributed by atoms with Gasteiger partial charge in [0, 0.05) is 11.8 Å². The zero-order chi connectivity index (χ0) is 19.1. The Labute approximate surface area is 165 Å². The van der Waals surface area contributed by atoms with Crippen molar-refractivity contribution in [1.82, 2.24) is 9.38 Å². The van der Waals surface area contributed by atoms with E-state index in [1.807, 2.05) is 29.1 Å². The molecule has 0 amide bonds. The lowest BCUT2D eigenvalue weighted by Crippen LogP contribution is -2.21. The number of nitriles is 1. The molecule has 2 aliphatic carbocycles. The van der Waals surface area contributed by atoms with Gasteiger partial charge in [-0.3, -0.25) is 0 Å². The highest BCUT2D eigenvalue weighted by molar-refractivity contribution is 5.59. The van der Waals surface area contributed by atoms with Crippen molar-refractivity contribution in [3.8, 4) is 6.07 Å². The number of pyridine rings is 1. The van der Waals surface area contributed by atoms with Gasteiger partial charge in [0.2, 0.25) is 0 Å². The molecular weight excluding hydrogens is 346 g/mol. The Morgan fingerprint density at radius 3 is 2.39 bits per heavy atom. The van der Waals surface area contributed by atoms with Crippen LogP contribution in [0.25, 0.3) is 5.52 Å². The molecule has 3 aromatic rings. The normalized spacial score (nSPS) is 23.4. The number of rotatable bonds is 4. The second-order valence-electron chi connectivity index (χ2n) is 8.44. The Morgan fingerprint density at radius 2 is 1.71 bits per heavy atom. The summed E-state index contributed by atoms with van der Waals surface area (Å²) in [7, 11) is 0. The van der Waals surface area contributed by atoms with Crippen molar-refractivity contribution < 1.29 is 5.11 Å². The average Bonchev–Trinajstić information content (AvgIpc) is 3.49. The number of nitrogens with zero attached hydrogens (tertiary/aromatic N) is 3. The number of hydrogen-bond donors (Lipinski definition) is 1. The van der Waals surface area contributed by atoms with Gasteiger partial charge in [-0.25, -0.2) is 4.98 Å². The predicted molar refractivity (Wildman–Crippen MR) is 108 cm³/mol. The fourth-order valence-electron chi connectivity index (χ4n) is 4.94. The fourth-order valence-corrected chi connectivity index (χ4v) is 4.94. The number of fused-ring (bicyclic) bond motifs is 1. The summed E-state index contributed by atoms with van der Waals surface area (Å²) in [6.45, 7) is 0. The summed E-state index contributed by atoms with van der Waals surface area (Å²) in [5.41, 5.74) is 5.54. The van der Waals surface area contributed by atoms with Crippen molar-refractivity contribution >= 4 is 5.52 Å². The smallest absolute Gasteiger partial charge is 0.0992 e. The molecule has 0 bridgehead atoms. The predicted octanol–water partition coefficient (Wildman–Crippen LogP) is 5.09. The van der Waals surface area contributed by atoms with Gasteiger partial charge in [0.15, 0.2) is 0 Å². The standard InChI is InChI=1S/C24H25N3O/c25-13-16-1-3-17(4-2-16)18-5-9-20(10-6-18)24(28)23-21(19-7-8-19)11-12-27-15-26-14-22(23)27/h1-4,11-12,14-15,18-20,24,28H,5-10H2/t18?,20?,24-/m1/s1. The zero-order valence-electron chi connectivity index (χ0n) is 16.0. The number of aliphatic hydroxyl groups excluding tert-OH is 1. The van der Waals surface area contributed by atoms with Crippen molar-refractivity contribution in [3.63, 3.8) is 0 Å². The third kappa shape index (κ3) is 3.10. The molecule has 2 saturated carbocycles. The Bertz CT molecular complexity index is 1020. The minimum absolute atomic E-state index is 0.299. The second kappa shape index (κ2) is 7.07. The largest absolute Gasteiger partial charge is 0.388 e. The first kappa shape index (κ1) is 17.5. The van der Waals surface area contributed by atoms with Gasteiger partial charge in [-0.15, -0.1) is 0 Å². The summed E-state index contributed by atoms with van der Waals surface area (Å²) in [5, 5.41) is 20.4. The monoisotopic (exact) mass is 371 g/mol. The number of aliphatic hydroxyl groups is 1. The Balaban J connectivity index is 1.35. The third-order valence-electron chi connectivity index (χ3n) is 6.71. The first-order valence-corrected chi connectivity index (χ1v) is 10.4. The van der Waals surface area contributed by atoms with Gasteiger partial charge in [-0.1, -0.05) is 12.1 Å². The van der Waals surface area contributed by atoms with E-state index in [1.165, 1.54) is 24.0 Å². The number of imidazole rings is 1. The van der Waals surface area contributed by atoms with Crippen LogP contribution in [-0.4, -0.2) is 14.5 Å². The van der Waals surface area contributed by atoms with E-state index in [4.69, 9.17) is 5.26 Å². The van der Waals surface area contributed by atoms with Crippen LogP contribution in [0.4, 0.5) is 0 Å². The van der Waals surface area contributed by atoms with E-state index in [9.17, 15) is 5.11 Å². The molecule has 1 N–H and O–H groups in total. The summed E-state index contributed by atoms with van der Waals surface area (Å²) in [6.07, 6.45) is 12.1. The zero-order valence-corrected chi connectivity index (χ0v) is 16.0. The van der Waals surface area contributed by atoms with Gasteiger partial charge in [0.25, 0.3) is 0 Å². The number of benzene rings is 1. The van der Waals surface area contributed by atoms with E-state index in [0.717, 1.165) is 42.3 Å². The first-order chi connectivity index (χ1) is 13.7. The first-order valence-electron chi connectivity index (χ1n) is 10.4. The lowest BCUT2D eigenvalue weighted by molar-refractivity contribution is 0.0810. The van der Waals surface area contributed by atoms with E-state index in [-0.39, 0.29) is 0 Å². The van der Waals surface area contributed by atoms with Gasteiger partial charge >= 0.3 is 0 Å². The van der Waals surface area contributed by atoms with Crippen LogP contribution in [0.2, 0.25) is 0 Å². The van der Waals surface area contributed by atoms with E-state index in [1.54, 1.807) is 0 Å². The van der Waals surface area contributed by atoms with Crippen LogP contribution in [0, 0.1) is 17.2 Å². The molecule has 142 valence electrons. The molecule has 0 aliphatic heterocycles. The number of hydrogen-bond acceptors (Lipinski definition) is 3. The van der Waals surface area contributed by atoms with Crippen LogP contribution in [0.5, 0.6) is 0 Å². The quantitative estimate of drug-likeness (QED) is 0.695. The van der Waals surface area contributed by atoms with Crippen LogP contribution in [0.1, 0.15) is 78.7 Å². The van der Waals surface area contributed by atoms with Gasteiger partial charge in [0.1, 0.15) is 0 Å². The van der Waals surface area contributed by atoms with E-state index >= 15 is 0 Å². The van der Waals surface area contributed by atoms with E-state index in [0.29, 0.717) is 17.8 Å². The summed E-state index contributed by atoms with van der Waals surface area (Å²) >= 11 is 0. The summed E-state index contributed by atoms with van der Waals surface area (Å²) in [6, 6.07) is 12.4. The minimum atomic E-state index is -0.419. The molecule has 2 aromatic heterocycles. The Hall–Kier alpha value is -2.64. The molecule has 4 heteroatoms. The maximum atomic E-state index is 11.4. The average molecular weight is 371 g/mol. The molecule has 5 rings (SSSR count).